The molecule has 18 heavy (non-hydrogen) atoms. The number of fused-ring (bicyclic) bond motifs is 1. The van der Waals surface area contributed by atoms with Crippen LogP contribution in [0.1, 0.15) is 42.8 Å². The Morgan fingerprint density at radius 2 is 1.83 bits per heavy atom. The number of H-pyrrole nitrogens is 1. The number of aromatic amines is 1. The second-order valence-electron chi connectivity index (χ2n) is 5.49. The molecule has 1 aliphatic rings. The Kier molecular flexibility index (Phi) is 2.86. The highest BCUT2D eigenvalue weighted by Gasteiger charge is 2.21. The molecule has 1 unspecified atom stereocenters. The molecule has 1 aromatic heterocycles. The van der Waals surface area contributed by atoms with Gasteiger partial charge in [0.1, 0.15) is 5.82 Å². The Bertz CT molecular complexity index is 525. The number of nitrogens with zero attached hydrogens (tertiary/aromatic N) is 2. The van der Waals surface area contributed by atoms with E-state index in [1.807, 2.05) is 0 Å². The summed E-state index contributed by atoms with van der Waals surface area (Å²) in [5, 5.41) is 0. The van der Waals surface area contributed by atoms with Crippen molar-refractivity contribution in [1.82, 2.24) is 14.9 Å². The van der Waals surface area contributed by atoms with E-state index in [1.165, 1.54) is 42.6 Å². The highest BCUT2D eigenvalue weighted by atomic mass is 15.2. The van der Waals surface area contributed by atoms with E-state index >= 15 is 0 Å². The summed E-state index contributed by atoms with van der Waals surface area (Å²) >= 11 is 0. The minimum absolute atomic E-state index is 0.403. The fourth-order valence-corrected chi connectivity index (χ4v) is 2.79. The van der Waals surface area contributed by atoms with Crippen LogP contribution in [0.5, 0.6) is 0 Å². The number of hydrogen-bond donors (Lipinski definition) is 1. The molecule has 0 saturated carbocycles. The van der Waals surface area contributed by atoms with Crippen LogP contribution in [0.3, 0.4) is 0 Å². The molecular formula is C15H21N3. The van der Waals surface area contributed by atoms with Gasteiger partial charge in [0.05, 0.1) is 17.1 Å². The third-order valence-electron chi connectivity index (χ3n) is 4.20. The number of likely N-dealkylation sites (tertiary alicyclic amines) is 1. The summed E-state index contributed by atoms with van der Waals surface area (Å²) in [7, 11) is 0. The van der Waals surface area contributed by atoms with Gasteiger partial charge in [-0.1, -0.05) is 0 Å². The number of aryl methyl sites for hydroxylation is 2. The zero-order chi connectivity index (χ0) is 12.7. The van der Waals surface area contributed by atoms with E-state index in [-0.39, 0.29) is 0 Å². The van der Waals surface area contributed by atoms with Crippen molar-refractivity contribution in [3.63, 3.8) is 0 Å². The summed E-state index contributed by atoms with van der Waals surface area (Å²) in [6.07, 6.45) is 2.64. The van der Waals surface area contributed by atoms with Crippen molar-refractivity contribution >= 4 is 11.0 Å². The van der Waals surface area contributed by atoms with Crippen LogP contribution in [0.25, 0.3) is 11.0 Å². The molecule has 2 heterocycles. The number of rotatable bonds is 2. The predicted molar refractivity (Wildman–Crippen MR) is 74.8 cm³/mol. The van der Waals surface area contributed by atoms with Gasteiger partial charge < -0.3 is 4.98 Å². The predicted octanol–water partition coefficient (Wildman–Crippen LogP) is 3.34. The van der Waals surface area contributed by atoms with E-state index in [2.05, 4.69) is 42.8 Å². The lowest BCUT2D eigenvalue weighted by molar-refractivity contribution is 0.255. The minimum atomic E-state index is 0.403. The van der Waals surface area contributed by atoms with E-state index < -0.39 is 0 Å². The zero-order valence-corrected chi connectivity index (χ0v) is 11.5. The van der Waals surface area contributed by atoms with Gasteiger partial charge in [-0.2, -0.15) is 0 Å². The lowest BCUT2D eigenvalue weighted by Gasteiger charge is -2.21. The van der Waals surface area contributed by atoms with Gasteiger partial charge >= 0.3 is 0 Å². The first-order chi connectivity index (χ1) is 8.65. The molecule has 1 saturated heterocycles. The van der Waals surface area contributed by atoms with Gasteiger partial charge in [0.25, 0.3) is 0 Å². The van der Waals surface area contributed by atoms with Crippen LogP contribution in [0, 0.1) is 13.8 Å². The maximum atomic E-state index is 4.76. The second kappa shape index (κ2) is 4.39. The number of hydrogen-bond acceptors (Lipinski definition) is 2. The molecule has 3 heteroatoms. The molecule has 0 spiro atoms. The van der Waals surface area contributed by atoms with Crippen molar-refractivity contribution in [1.29, 1.82) is 0 Å². The van der Waals surface area contributed by atoms with E-state index in [0.717, 1.165) is 11.3 Å². The van der Waals surface area contributed by atoms with Crippen molar-refractivity contribution in [2.45, 2.75) is 39.7 Å². The number of benzene rings is 1. The average Bonchev–Trinajstić information content (AvgIpc) is 2.97. The van der Waals surface area contributed by atoms with Crippen molar-refractivity contribution in [2.24, 2.45) is 0 Å². The molecule has 1 N–H and O–H groups in total. The van der Waals surface area contributed by atoms with Crippen LogP contribution >= 0.6 is 0 Å². The summed E-state index contributed by atoms with van der Waals surface area (Å²) < 4.78 is 0. The first kappa shape index (κ1) is 11.7. The molecule has 2 aromatic rings. The quantitative estimate of drug-likeness (QED) is 0.877. The highest BCUT2D eigenvalue weighted by Crippen LogP contribution is 2.25. The van der Waals surface area contributed by atoms with Gasteiger partial charge in [-0.05, 0) is 70.0 Å². The van der Waals surface area contributed by atoms with Crippen LogP contribution in [0.15, 0.2) is 12.1 Å². The van der Waals surface area contributed by atoms with E-state index in [4.69, 9.17) is 4.98 Å². The molecule has 0 radical (unpaired) electrons. The van der Waals surface area contributed by atoms with Crippen molar-refractivity contribution in [3.05, 3.63) is 29.1 Å². The van der Waals surface area contributed by atoms with Crippen LogP contribution in [0.4, 0.5) is 0 Å². The Balaban J connectivity index is 1.97. The van der Waals surface area contributed by atoms with Crippen molar-refractivity contribution in [2.75, 3.05) is 13.1 Å². The third kappa shape index (κ3) is 1.93. The SMILES string of the molecule is Cc1cc2nc(C(C)N3CCCC3)[nH]c2cc1C. The number of nitrogens with one attached hydrogen (secondary N) is 1. The summed E-state index contributed by atoms with van der Waals surface area (Å²) in [5.74, 6) is 1.11. The van der Waals surface area contributed by atoms with Crippen molar-refractivity contribution < 1.29 is 0 Å². The number of imidazole rings is 1. The molecule has 1 fully saturated rings. The van der Waals surface area contributed by atoms with Gasteiger partial charge in [-0.25, -0.2) is 4.98 Å². The Labute approximate surface area is 108 Å². The first-order valence-corrected chi connectivity index (χ1v) is 6.86. The lowest BCUT2D eigenvalue weighted by Crippen LogP contribution is -2.24. The second-order valence-corrected chi connectivity index (χ2v) is 5.49. The van der Waals surface area contributed by atoms with Crippen LogP contribution in [0.2, 0.25) is 0 Å². The fourth-order valence-electron chi connectivity index (χ4n) is 2.79. The summed E-state index contributed by atoms with van der Waals surface area (Å²) in [6.45, 7) is 8.96. The largest absolute Gasteiger partial charge is 0.341 e. The fraction of sp³-hybridized carbons (Fsp3) is 0.533. The first-order valence-electron chi connectivity index (χ1n) is 6.86. The Hall–Kier alpha value is -1.35. The normalized spacial score (nSPS) is 18.6. The minimum Gasteiger partial charge on any atom is -0.341 e. The molecule has 1 atom stereocenters. The molecule has 1 aliphatic heterocycles. The zero-order valence-electron chi connectivity index (χ0n) is 11.5. The molecular weight excluding hydrogens is 222 g/mol. The standard InChI is InChI=1S/C15H21N3/c1-10-8-13-14(9-11(10)2)17-15(16-13)12(3)18-6-4-5-7-18/h8-9,12H,4-7H2,1-3H3,(H,16,17). The molecule has 3 rings (SSSR count). The summed E-state index contributed by atoms with van der Waals surface area (Å²) in [4.78, 5) is 10.8. The number of aromatic nitrogens is 2. The van der Waals surface area contributed by atoms with E-state index in [0.29, 0.717) is 6.04 Å². The summed E-state index contributed by atoms with van der Waals surface area (Å²) in [5.41, 5.74) is 4.90. The molecule has 3 nitrogen and oxygen atoms in total. The summed E-state index contributed by atoms with van der Waals surface area (Å²) in [6, 6.07) is 4.79. The van der Waals surface area contributed by atoms with Gasteiger partial charge in [0.15, 0.2) is 0 Å². The average molecular weight is 243 g/mol. The molecule has 0 amide bonds. The smallest absolute Gasteiger partial charge is 0.124 e. The molecule has 0 aliphatic carbocycles. The van der Waals surface area contributed by atoms with Crippen LogP contribution in [-0.2, 0) is 0 Å². The van der Waals surface area contributed by atoms with Gasteiger partial charge in [0, 0.05) is 0 Å². The maximum Gasteiger partial charge on any atom is 0.124 e. The van der Waals surface area contributed by atoms with Gasteiger partial charge in [0.2, 0.25) is 0 Å². The van der Waals surface area contributed by atoms with Gasteiger partial charge in [-0.15, -0.1) is 0 Å². The Morgan fingerprint density at radius 3 is 2.56 bits per heavy atom. The van der Waals surface area contributed by atoms with E-state index in [1.54, 1.807) is 0 Å². The van der Waals surface area contributed by atoms with E-state index in [9.17, 15) is 0 Å². The molecule has 1 aromatic carbocycles. The van der Waals surface area contributed by atoms with Crippen LogP contribution < -0.4 is 0 Å². The Morgan fingerprint density at radius 1 is 1.17 bits per heavy atom. The molecule has 96 valence electrons. The third-order valence-corrected chi connectivity index (χ3v) is 4.20. The lowest BCUT2D eigenvalue weighted by atomic mass is 10.1. The monoisotopic (exact) mass is 243 g/mol. The van der Waals surface area contributed by atoms with Gasteiger partial charge in [-0.3, -0.25) is 4.90 Å². The van der Waals surface area contributed by atoms with Crippen molar-refractivity contribution in [3.8, 4) is 0 Å². The topological polar surface area (TPSA) is 31.9 Å². The van der Waals surface area contributed by atoms with Crippen LogP contribution in [-0.4, -0.2) is 28.0 Å². The molecule has 0 bridgehead atoms. The maximum absolute atomic E-state index is 4.76. The highest BCUT2D eigenvalue weighted by molar-refractivity contribution is 5.77.